The summed E-state index contributed by atoms with van der Waals surface area (Å²) in [4.78, 5) is 36.0. The van der Waals surface area contributed by atoms with E-state index in [-0.39, 0.29) is 35.7 Å². The van der Waals surface area contributed by atoms with Crippen LogP contribution in [0.3, 0.4) is 0 Å². The Morgan fingerprint density at radius 1 is 1.00 bits per heavy atom. The molecule has 1 aliphatic carbocycles. The van der Waals surface area contributed by atoms with E-state index in [1.807, 2.05) is 23.9 Å². The van der Waals surface area contributed by atoms with Crippen molar-refractivity contribution in [1.82, 2.24) is 31.5 Å². The molecule has 3 heterocycles. The number of hydrogen-bond acceptors (Lipinski definition) is 10. The van der Waals surface area contributed by atoms with Crippen molar-refractivity contribution in [2.45, 2.75) is 109 Å². The molecule has 1 aromatic heterocycles. The lowest BCUT2D eigenvalue weighted by Crippen LogP contribution is -2.36. The number of methoxy groups -OCH3 is 1. The highest BCUT2D eigenvalue weighted by Gasteiger charge is 2.42. The van der Waals surface area contributed by atoms with Crippen LogP contribution in [0.5, 0.6) is 11.5 Å². The fourth-order valence-corrected chi connectivity index (χ4v) is 10.6. The van der Waals surface area contributed by atoms with Crippen LogP contribution in [0.4, 0.5) is 20.7 Å². The van der Waals surface area contributed by atoms with E-state index < -0.39 is 0 Å². The zero-order chi connectivity index (χ0) is 42.0. The summed E-state index contributed by atoms with van der Waals surface area (Å²) in [5.74, 6) is 5.04. The van der Waals surface area contributed by atoms with E-state index in [4.69, 9.17) is 9.47 Å². The normalized spacial score (nSPS) is 17.7. The Kier molecular flexibility index (Phi) is 19.2. The Balaban J connectivity index is 0.000000749. The number of benzene rings is 2. The number of carbonyl (C=O) groups excluding carboxylic acids is 3. The number of fused-ring (bicyclic) bond motifs is 4. The number of carbonyl (C=O) groups is 3. The number of hydrogen-bond donors (Lipinski definition) is 6. The second kappa shape index (κ2) is 24.5. The SMILES string of the molecule is CCCCC(C)CC.COc1cc2c(cc1OCCCNC(=O)CCSSCCNC(=O)CCCCC1SCC3NC(=O)NC31)-c1[nH]nc(Nc3cccc(F)c3)c1C2. The van der Waals surface area contributed by atoms with E-state index in [0.717, 1.165) is 59.1 Å². The molecule has 2 aromatic carbocycles. The highest BCUT2D eigenvalue weighted by atomic mass is 33.1. The molecule has 6 N–H and O–H groups in total. The number of unbranched alkanes of at least 4 members (excludes halogenated alkanes) is 2. The summed E-state index contributed by atoms with van der Waals surface area (Å²) in [5.41, 5.74) is 4.58. The monoisotopic (exact) mass is 871 g/mol. The van der Waals surface area contributed by atoms with Gasteiger partial charge in [-0.2, -0.15) is 16.9 Å². The van der Waals surface area contributed by atoms with Gasteiger partial charge in [0.15, 0.2) is 17.3 Å². The molecule has 4 unspecified atom stereocenters. The molecule has 0 bridgehead atoms. The molecule has 0 radical (unpaired) electrons. The summed E-state index contributed by atoms with van der Waals surface area (Å²) in [7, 11) is 4.90. The predicted octanol–water partition coefficient (Wildman–Crippen LogP) is 8.59. The lowest BCUT2D eigenvalue weighted by molar-refractivity contribution is -0.121. The van der Waals surface area contributed by atoms with Crippen LogP contribution in [-0.4, -0.2) is 89.4 Å². The Morgan fingerprint density at radius 2 is 1.81 bits per heavy atom. The van der Waals surface area contributed by atoms with Gasteiger partial charge in [0.2, 0.25) is 11.8 Å². The van der Waals surface area contributed by atoms with Gasteiger partial charge in [0, 0.05) is 71.7 Å². The van der Waals surface area contributed by atoms with E-state index in [2.05, 4.69) is 57.6 Å². The number of amides is 4. The highest BCUT2D eigenvalue weighted by Crippen LogP contribution is 2.44. The minimum Gasteiger partial charge on any atom is -0.493 e. The molecule has 6 rings (SSSR count). The third-order valence-corrected chi connectivity index (χ3v) is 14.6. The first-order valence-electron chi connectivity index (χ1n) is 21.1. The average molecular weight is 872 g/mol. The maximum Gasteiger partial charge on any atom is 0.315 e. The number of urea groups is 1. The molecule has 324 valence electrons. The van der Waals surface area contributed by atoms with Crippen molar-refractivity contribution in [1.29, 1.82) is 0 Å². The number of anilines is 2. The second-order valence-corrected chi connectivity index (χ2v) is 19.2. The smallest absolute Gasteiger partial charge is 0.315 e. The summed E-state index contributed by atoms with van der Waals surface area (Å²) in [5, 5.41) is 23.1. The van der Waals surface area contributed by atoms with Gasteiger partial charge in [-0.3, -0.25) is 14.7 Å². The van der Waals surface area contributed by atoms with Gasteiger partial charge in [0.05, 0.1) is 31.5 Å². The van der Waals surface area contributed by atoms with Gasteiger partial charge >= 0.3 is 6.03 Å². The van der Waals surface area contributed by atoms with Gasteiger partial charge < -0.3 is 36.1 Å². The molecule has 0 saturated carbocycles. The first kappa shape index (κ1) is 46.3. The Hall–Kier alpha value is -3.76. The van der Waals surface area contributed by atoms with Gasteiger partial charge in [-0.15, -0.1) is 0 Å². The first-order chi connectivity index (χ1) is 28.7. The number of H-pyrrole nitrogens is 1. The fourth-order valence-electron chi connectivity index (χ4n) is 7.18. The van der Waals surface area contributed by atoms with Gasteiger partial charge in [0.1, 0.15) is 5.82 Å². The number of rotatable bonds is 24. The summed E-state index contributed by atoms with van der Waals surface area (Å²) < 4.78 is 25.3. The molecular weight excluding hydrogens is 810 g/mol. The lowest BCUT2D eigenvalue weighted by Gasteiger charge is -2.16. The van der Waals surface area contributed by atoms with Gasteiger partial charge in [0.25, 0.3) is 0 Å². The number of nitrogens with zero attached hydrogens (tertiary/aromatic N) is 1. The van der Waals surface area contributed by atoms with Crippen LogP contribution in [-0.2, 0) is 16.0 Å². The molecule has 3 aromatic rings. The number of nitrogens with one attached hydrogen (secondary N) is 6. The molecule has 2 fully saturated rings. The minimum atomic E-state index is -0.318. The maximum absolute atomic E-state index is 13.7. The third kappa shape index (κ3) is 14.4. The Morgan fingerprint density at radius 3 is 2.61 bits per heavy atom. The quantitative estimate of drug-likeness (QED) is 0.0229. The molecule has 12 nitrogen and oxygen atoms in total. The van der Waals surface area contributed by atoms with E-state index in [1.54, 1.807) is 40.8 Å². The summed E-state index contributed by atoms with van der Waals surface area (Å²) in [6.45, 7) is 8.36. The summed E-state index contributed by atoms with van der Waals surface area (Å²) in [6, 6.07) is 10.6. The van der Waals surface area contributed by atoms with Gasteiger partial charge in [-0.1, -0.05) is 80.5 Å². The van der Waals surface area contributed by atoms with E-state index in [1.165, 1.54) is 37.8 Å². The fraction of sp³-hybridized carbons (Fsp3) is 0.581. The number of ether oxygens (including phenoxy) is 2. The average Bonchev–Trinajstić information content (AvgIpc) is 3.99. The number of aromatic nitrogens is 2. The van der Waals surface area contributed by atoms with Crippen LogP contribution in [0, 0.1) is 11.7 Å². The zero-order valence-electron chi connectivity index (χ0n) is 34.9. The zero-order valence-corrected chi connectivity index (χ0v) is 37.3. The largest absolute Gasteiger partial charge is 0.493 e. The molecule has 0 spiro atoms. The van der Waals surface area contributed by atoms with Crippen molar-refractivity contribution in [3.8, 4) is 22.8 Å². The van der Waals surface area contributed by atoms with Gasteiger partial charge in [-0.05, 0) is 61.1 Å². The van der Waals surface area contributed by atoms with Crippen molar-refractivity contribution in [2.24, 2.45) is 5.92 Å². The van der Waals surface area contributed by atoms with Crippen LogP contribution in [0.1, 0.15) is 96.1 Å². The van der Waals surface area contributed by atoms with E-state index in [9.17, 15) is 18.8 Å². The van der Waals surface area contributed by atoms with Crippen LogP contribution < -0.4 is 36.1 Å². The van der Waals surface area contributed by atoms with Gasteiger partial charge in [-0.25, -0.2) is 9.18 Å². The molecule has 4 amide bonds. The second-order valence-electron chi connectivity index (χ2n) is 15.2. The molecular formula is C43H62FN7O5S3. The van der Waals surface area contributed by atoms with Crippen molar-refractivity contribution < 1.29 is 28.2 Å². The standard InChI is InChI=1S/C35H44FN7O5S3.C8H18/c1-47-27-17-21-16-25-32(42-43-34(25)39-23-7-4-6-22(36)18-23)24(21)19-28(27)48-13-5-11-37-31(45)10-14-50-51-15-12-38-30(44)9-3-2-8-29-33-26(20-49-29)40-35(46)41-33;1-4-6-7-8(3)5-2/h4,6-7,17-19,26,29,33H,2-3,5,8-16,20H2,1H3,(H,37,45)(H,38,44)(H2,39,42,43)(H2,40,41,46);8H,4-7H2,1-3H3. The van der Waals surface area contributed by atoms with Crippen LogP contribution in [0.25, 0.3) is 11.3 Å². The number of halogens is 1. The van der Waals surface area contributed by atoms with Crippen LogP contribution in [0.15, 0.2) is 36.4 Å². The van der Waals surface area contributed by atoms with Crippen LogP contribution in [0.2, 0.25) is 0 Å². The van der Waals surface area contributed by atoms with Crippen molar-refractivity contribution >= 4 is 62.7 Å². The molecule has 4 atom stereocenters. The Labute approximate surface area is 361 Å². The first-order valence-corrected chi connectivity index (χ1v) is 24.6. The molecule has 2 saturated heterocycles. The molecule has 3 aliphatic rings. The van der Waals surface area contributed by atoms with Crippen molar-refractivity contribution in [2.75, 3.05) is 49.4 Å². The molecule has 59 heavy (non-hydrogen) atoms. The maximum atomic E-state index is 13.7. The summed E-state index contributed by atoms with van der Waals surface area (Å²) in [6.07, 6.45) is 10.6. The highest BCUT2D eigenvalue weighted by molar-refractivity contribution is 8.76. The van der Waals surface area contributed by atoms with E-state index in [0.29, 0.717) is 79.4 Å². The van der Waals surface area contributed by atoms with Crippen LogP contribution >= 0.6 is 33.3 Å². The molecule has 2 aliphatic heterocycles. The third-order valence-electron chi connectivity index (χ3n) is 10.7. The Bertz CT molecular complexity index is 1820. The topological polar surface area (TPSA) is 158 Å². The summed E-state index contributed by atoms with van der Waals surface area (Å²) >= 11 is 1.90. The van der Waals surface area contributed by atoms with E-state index >= 15 is 0 Å². The predicted molar refractivity (Wildman–Crippen MR) is 242 cm³/mol. The minimum absolute atomic E-state index is 0.000886. The van der Waals surface area contributed by atoms with Crippen molar-refractivity contribution in [3.63, 3.8) is 0 Å². The molecule has 16 heteroatoms. The lowest BCUT2D eigenvalue weighted by atomic mass is 10.0. The number of thioether (sulfide) groups is 1. The number of aromatic amines is 1. The van der Waals surface area contributed by atoms with Crippen molar-refractivity contribution in [3.05, 3.63) is 53.3 Å².